The van der Waals surface area contributed by atoms with E-state index in [4.69, 9.17) is 0 Å². The summed E-state index contributed by atoms with van der Waals surface area (Å²) in [4.78, 5) is 0. The summed E-state index contributed by atoms with van der Waals surface area (Å²) < 4.78 is 0. The van der Waals surface area contributed by atoms with Gasteiger partial charge in [-0.25, -0.2) is 0 Å². The summed E-state index contributed by atoms with van der Waals surface area (Å²) in [5, 5.41) is 9.73. The smallest absolute Gasteiger partial charge is 0.0619 e. The molecule has 0 spiro atoms. The Morgan fingerprint density at radius 1 is 1.09 bits per heavy atom. The molecular formula is C10H20O. The molecule has 1 N–H and O–H groups in total. The van der Waals surface area contributed by atoms with Gasteiger partial charge in [0.2, 0.25) is 0 Å². The monoisotopic (exact) mass is 156 g/mol. The Kier molecular flexibility index (Phi) is 2.58. The van der Waals surface area contributed by atoms with Gasteiger partial charge in [0, 0.05) is 0 Å². The van der Waals surface area contributed by atoms with E-state index >= 15 is 0 Å². The summed E-state index contributed by atoms with van der Waals surface area (Å²) in [7, 11) is 0. The van der Waals surface area contributed by atoms with E-state index in [2.05, 4.69) is 6.92 Å². The zero-order valence-electron chi connectivity index (χ0n) is 7.93. The maximum Gasteiger partial charge on any atom is 0.0619 e. The van der Waals surface area contributed by atoms with Gasteiger partial charge in [0.15, 0.2) is 0 Å². The summed E-state index contributed by atoms with van der Waals surface area (Å²) in [6.45, 7) is 6.18. The highest BCUT2D eigenvalue weighted by Gasteiger charge is 2.29. The summed E-state index contributed by atoms with van der Waals surface area (Å²) in [5.74, 6) is 1.42. The molecule has 0 saturated heterocycles. The fourth-order valence-electron chi connectivity index (χ4n) is 1.97. The first kappa shape index (κ1) is 9.05. The lowest BCUT2D eigenvalue weighted by molar-refractivity contribution is -0.00466. The van der Waals surface area contributed by atoms with Crippen LogP contribution in [0.5, 0.6) is 0 Å². The van der Waals surface area contributed by atoms with E-state index in [0.29, 0.717) is 5.92 Å². The van der Waals surface area contributed by atoms with Crippen molar-refractivity contribution in [3.63, 3.8) is 0 Å². The van der Waals surface area contributed by atoms with Crippen LogP contribution in [0.1, 0.15) is 46.5 Å². The quantitative estimate of drug-likeness (QED) is 0.618. The molecule has 1 fully saturated rings. The highest BCUT2D eigenvalue weighted by Crippen LogP contribution is 2.34. The highest BCUT2D eigenvalue weighted by molar-refractivity contribution is 4.81. The molecule has 0 amide bonds. The lowest BCUT2D eigenvalue weighted by atomic mass is 9.75. The molecule has 0 atom stereocenters. The molecule has 0 aliphatic heterocycles. The minimum atomic E-state index is -0.444. The Morgan fingerprint density at radius 2 is 1.55 bits per heavy atom. The lowest BCUT2D eigenvalue weighted by Crippen LogP contribution is -2.33. The van der Waals surface area contributed by atoms with Gasteiger partial charge >= 0.3 is 0 Å². The third-order valence-electron chi connectivity index (χ3n) is 3.01. The second-order valence-electron chi connectivity index (χ2n) is 4.61. The molecule has 66 valence electrons. The predicted octanol–water partition coefficient (Wildman–Crippen LogP) is 2.58. The molecule has 1 heteroatoms. The van der Waals surface area contributed by atoms with Gasteiger partial charge in [-0.15, -0.1) is 0 Å². The minimum absolute atomic E-state index is 0.444. The van der Waals surface area contributed by atoms with Crippen molar-refractivity contribution in [2.45, 2.75) is 52.1 Å². The Bertz CT molecular complexity index is 115. The molecule has 0 heterocycles. The second-order valence-corrected chi connectivity index (χ2v) is 4.61. The van der Waals surface area contributed by atoms with Crippen molar-refractivity contribution in [1.29, 1.82) is 0 Å². The van der Waals surface area contributed by atoms with Crippen molar-refractivity contribution in [3.8, 4) is 0 Å². The van der Waals surface area contributed by atoms with Gasteiger partial charge in [0.1, 0.15) is 0 Å². The number of rotatable bonds is 1. The molecule has 1 rings (SSSR count). The Hall–Kier alpha value is -0.0400. The summed E-state index contributed by atoms with van der Waals surface area (Å²) in [5.41, 5.74) is -0.444. The van der Waals surface area contributed by atoms with E-state index < -0.39 is 5.60 Å². The average molecular weight is 156 g/mol. The summed E-state index contributed by atoms with van der Waals surface area (Å²) in [6.07, 6.45) is 5.03. The molecule has 1 saturated carbocycles. The fraction of sp³-hybridized carbons (Fsp3) is 1.00. The molecule has 0 aromatic carbocycles. The molecule has 1 nitrogen and oxygen atoms in total. The highest BCUT2D eigenvalue weighted by atomic mass is 16.3. The molecule has 1 aliphatic rings. The van der Waals surface area contributed by atoms with Gasteiger partial charge in [0.25, 0.3) is 0 Å². The van der Waals surface area contributed by atoms with E-state index in [1.54, 1.807) is 0 Å². The van der Waals surface area contributed by atoms with Crippen LogP contribution in [-0.2, 0) is 0 Å². The van der Waals surface area contributed by atoms with Crippen LogP contribution in [0.4, 0.5) is 0 Å². The van der Waals surface area contributed by atoms with Crippen LogP contribution < -0.4 is 0 Å². The molecule has 0 aromatic rings. The largest absolute Gasteiger partial charge is 0.390 e. The van der Waals surface area contributed by atoms with Crippen LogP contribution in [0, 0.1) is 11.8 Å². The molecule has 11 heavy (non-hydrogen) atoms. The van der Waals surface area contributed by atoms with Gasteiger partial charge in [-0.2, -0.15) is 0 Å². The Balaban J connectivity index is 2.39. The van der Waals surface area contributed by atoms with Crippen LogP contribution in [0.3, 0.4) is 0 Å². The second kappa shape index (κ2) is 3.14. The van der Waals surface area contributed by atoms with E-state index in [9.17, 15) is 5.11 Å². The SMILES string of the molecule is CC(C)(O)[C@H]1CC[C@@H](C)CC1. The Labute approximate surface area is 69.8 Å². The molecule has 0 bridgehead atoms. The first-order valence-corrected chi connectivity index (χ1v) is 4.72. The zero-order chi connectivity index (χ0) is 8.48. The minimum Gasteiger partial charge on any atom is -0.390 e. The average Bonchev–Trinajstić information content (AvgIpc) is 1.86. The van der Waals surface area contributed by atoms with Crippen molar-refractivity contribution in [3.05, 3.63) is 0 Å². The van der Waals surface area contributed by atoms with Crippen LogP contribution in [0.25, 0.3) is 0 Å². The van der Waals surface area contributed by atoms with E-state index in [1.807, 2.05) is 13.8 Å². The van der Waals surface area contributed by atoms with Gasteiger partial charge < -0.3 is 5.11 Å². The topological polar surface area (TPSA) is 20.2 Å². The number of aliphatic hydroxyl groups is 1. The van der Waals surface area contributed by atoms with Crippen molar-refractivity contribution in [2.24, 2.45) is 11.8 Å². The van der Waals surface area contributed by atoms with Crippen LogP contribution >= 0.6 is 0 Å². The normalized spacial score (nSPS) is 33.8. The first-order chi connectivity index (χ1) is 5.00. The summed E-state index contributed by atoms with van der Waals surface area (Å²) in [6, 6.07) is 0. The van der Waals surface area contributed by atoms with E-state index in [-0.39, 0.29) is 0 Å². The molecule has 0 unspecified atom stereocenters. The number of hydrogen-bond donors (Lipinski definition) is 1. The van der Waals surface area contributed by atoms with Gasteiger partial charge in [-0.3, -0.25) is 0 Å². The predicted molar refractivity (Wildman–Crippen MR) is 47.4 cm³/mol. The molecule has 0 radical (unpaired) electrons. The van der Waals surface area contributed by atoms with Gasteiger partial charge in [-0.05, 0) is 38.5 Å². The Morgan fingerprint density at radius 3 is 1.91 bits per heavy atom. The van der Waals surface area contributed by atoms with E-state index in [1.165, 1.54) is 25.7 Å². The van der Waals surface area contributed by atoms with Crippen molar-refractivity contribution in [1.82, 2.24) is 0 Å². The van der Waals surface area contributed by atoms with Crippen LogP contribution in [-0.4, -0.2) is 10.7 Å². The van der Waals surface area contributed by atoms with E-state index in [0.717, 1.165) is 5.92 Å². The molecule has 0 aromatic heterocycles. The number of hydrogen-bond acceptors (Lipinski definition) is 1. The van der Waals surface area contributed by atoms with Gasteiger partial charge in [0.05, 0.1) is 5.60 Å². The van der Waals surface area contributed by atoms with Crippen LogP contribution in [0.15, 0.2) is 0 Å². The van der Waals surface area contributed by atoms with Gasteiger partial charge in [-0.1, -0.05) is 19.8 Å². The van der Waals surface area contributed by atoms with Crippen LogP contribution in [0.2, 0.25) is 0 Å². The fourth-order valence-corrected chi connectivity index (χ4v) is 1.97. The lowest BCUT2D eigenvalue weighted by Gasteiger charge is -2.34. The van der Waals surface area contributed by atoms with Crippen molar-refractivity contribution >= 4 is 0 Å². The maximum atomic E-state index is 9.73. The zero-order valence-corrected chi connectivity index (χ0v) is 7.93. The first-order valence-electron chi connectivity index (χ1n) is 4.72. The molecular weight excluding hydrogens is 136 g/mol. The standard InChI is InChI=1S/C10H20O/c1-8-4-6-9(7-5-8)10(2,3)11/h8-9,11H,4-7H2,1-3H3/t8-,9+. The summed E-state index contributed by atoms with van der Waals surface area (Å²) >= 11 is 0. The van der Waals surface area contributed by atoms with Crippen molar-refractivity contribution < 1.29 is 5.11 Å². The molecule has 1 aliphatic carbocycles. The third kappa shape index (κ3) is 2.48. The third-order valence-corrected chi connectivity index (χ3v) is 3.01. The maximum absolute atomic E-state index is 9.73. The van der Waals surface area contributed by atoms with Crippen molar-refractivity contribution in [2.75, 3.05) is 0 Å².